The highest BCUT2D eigenvalue weighted by molar-refractivity contribution is 5.04. The summed E-state index contributed by atoms with van der Waals surface area (Å²) in [4.78, 5) is 15.4. The lowest BCUT2D eigenvalue weighted by Gasteiger charge is -2.04. The van der Waals surface area contributed by atoms with Gasteiger partial charge in [0.15, 0.2) is 0 Å². The Morgan fingerprint density at radius 1 is 1.58 bits per heavy atom. The van der Waals surface area contributed by atoms with Gasteiger partial charge in [-0.05, 0) is 12.3 Å². The van der Waals surface area contributed by atoms with Crippen molar-refractivity contribution in [2.75, 3.05) is 0 Å². The Labute approximate surface area is 72.1 Å². The van der Waals surface area contributed by atoms with Crippen LogP contribution >= 0.6 is 0 Å². The van der Waals surface area contributed by atoms with Crippen LogP contribution in [0, 0.1) is 5.92 Å². The van der Waals surface area contributed by atoms with Crippen molar-refractivity contribution < 1.29 is 0 Å². The second-order valence-corrected chi connectivity index (χ2v) is 3.43. The molecule has 66 valence electrons. The first kappa shape index (κ1) is 8.97. The largest absolute Gasteiger partial charge is 0.302 e. The highest BCUT2D eigenvalue weighted by Crippen LogP contribution is 2.00. The molecule has 12 heavy (non-hydrogen) atoms. The molecule has 3 nitrogen and oxygen atoms in total. The van der Waals surface area contributed by atoms with E-state index in [-0.39, 0.29) is 5.56 Å². The molecule has 1 rings (SSSR count). The second-order valence-electron chi connectivity index (χ2n) is 3.43. The quantitative estimate of drug-likeness (QED) is 0.656. The minimum Gasteiger partial charge on any atom is -0.302 e. The molecule has 0 saturated carbocycles. The van der Waals surface area contributed by atoms with E-state index in [1.165, 1.54) is 10.9 Å². The summed E-state index contributed by atoms with van der Waals surface area (Å²) >= 11 is 0. The summed E-state index contributed by atoms with van der Waals surface area (Å²) in [6.07, 6.45) is 4.00. The van der Waals surface area contributed by atoms with Crippen LogP contribution in [0.25, 0.3) is 0 Å². The first-order valence-electron chi connectivity index (χ1n) is 4.10. The molecule has 0 radical (unpaired) electrons. The minimum atomic E-state index is 0.0682. The lowest BCUT2D eigenvalue weighted by atomic mass is 10.1. The zero-order valence-electron chi connectivity index (χ0n) is 7.74. The molecule has 1 heterocycles. The summed E-state index contributed by atoms with van der Waals surface area (Å²) in [5, 5.41) is 0. The Hall–Kier alpha value is -1.12. The second kappa shape index (κ2) is 3.52. The Bertz CT molecular complexity index is 315. The summed E-state index contributed by atoms with van der Waals surface area (Å²) in [6, 6.07) is 0. The molecule has 0 aliphatic carbocycles. The number of rotatable bonds is 2. The third-order valence-electron chi connectivity index (χ3n) is 1.69. The lowest BCUT2D eigenvalue weighted by molar-refractivity contribution is 0.631. The molecule has 0 aromatic carbocycles. The SMILES string of the molecule is CC(C)Cc1cncn(C)c1=O. The van der Waals surface area contributed by atoms with Crippen LogP contribution in [0.1, 0.15) is 19.4 Å². The van der Waals surface area contributed by atoms with E-state index in [9.17, 15) is 4.79 Å². The van der Waals surface area contributed by atoms with Crippen molar-refractivity contribution in [3.8, 4) is 0 Å². The summed E-state index contributed by atoms with van der Waals surface area (Å²) < 4.78 is 1.51. The van der Waals surface area contributed by atoms with Crippen LogP contribution in [-0.4, -0.2) is 9.55 Å². The smallest absolute Gasteiger partial charge is 0.256 e. The lowest BCUT2D eigenvalue weighted by Crippen LogP contribution is -2.22. The molecule has 0 unspecified atom stereocenters. The van der Waals surface area contributed by atoms with Crippen LogP contribution in [0.4, 0.5) is 0 Å². The Kier molecular flexibility index (Phi) is 2.63. The summed E-state index contributed by atoms with van der Waals surface area (Å²) in [6.45, 7) is 4.18. The zero-order valence-corrected chi connectivity index (χ0v) is 7.74. The topological polar surface area (TPSA) is 34.9 Å². The van der Waals surface area contributed by atoms with Gasteiger partial charge in [0.25, 0.3) is 5.56 Å². The number of aryl methyl sites for hydroxylation is 1. The summed E-state index contributed by atoms with van der Waals surface area (Å²) in [5.41, 5.74) is 0.869. The molecule has 0 aliphatic rings. The highest BCUT2D eigenvalue weighted by atomic mass is 16.1. The number of hydrogen-bond acceptors (Lipinski definition) is 2. The van der Waals surface area contributed by atoms with E-state index in [4.69, 9.17) is 0 Å². The maximum atomic E-state index is 11.4. The number of aromatic nitrogens is 2. The molecule has 1 aromatic rings. The van der Waals surface area contributed by atoms with Crippen LogP contribution in [0.2, 0.25) is 0 Å². The van der Waals surface area contributed by atoms with Crippen LogP contribution in [-0.2, 0) is 13.5 Å². The molecule has 0 atom stereocenters. The fourth-order valence-electron chi connectivity index (χ4n) is 1.14. The first-order chi connectivity index (χ1) is 5.61. The van der Waals surface area contributed by atoms with Gasteiger partial charge in [0.2, 0.25) is 0 Å². The molecule has 0 N–H and O–H groups in total. The molecule has 0 fully saturated rings. The van der Waals surface area contributed by atoms with Gasteiger partial charge in [-0.3, -0.25) is 4.79 Å². The van der Waals surface area contributed by atoms with E-state index >= 15 is 0 Å². The van der Waals surface area contributed by atoms with Gasteiger partial charge >= 0.3 is 0 Å². The average Bonchev–Trinajstić information content (AvgIpc) is 1.98. The van der Waals surface area contributed by atoms with Crippen molar-refractivity contribution in [3.63, 3.8) is 0 Å². The van der Waals surface area contributed by atoms with Crippen molar-refractivity contribution in [2.45, 2.75) is 20.3 Å². The van der Waals surface area contributed by atoms with E-state index in [0.29, 0.717) is 5.92 Å². The maximum absolute atomic E-state index is 11.4. The number of nitrogens with zero attached hydrogens (tertiary/aromatic N) is 2. The third kappa shape index (κ3) is 1.94. The Morgan fingerprint density at radius 3 is 2.83 bits per heavy atom. The van der Waals surface area contributed by atoms with Gasteiger partial charge in [-0.15, -0.1) is 0 Å². The van der Waals surface area contributed by atoms with Gasteiger partial charge < -0.3 is 4.57 Å². The summed E-state index contributed by atoms with van der Waals surface area (Å²) in [5.74, 6) is 0.502. The standard InChI is InChI=1S/C9H14N2O/c1-7(2)4-8-5-10-6-11(3)9(8)12/h5-7H,4H2,1-3H3. The van der Waals surface area contributed by atoms with Crippen molar-refractivity contribution >= 4 is 0 Å². The molecular formula is C9H14N2O. The first-order valence-corrected chi connectivity index (χ1v) is 4.10. The predicted octanol–water partition coefficient (Wildman–Crippen LogP) is 0.979. The normalized spacial score (nSPS) is 10.7. The zero-order chi connectivity index (χ0) is 9.14. The van der Waals surface area contributed by atoms with Crippen molar-refractivity contribution in [1.29, 1.82) is 0 Å². The van der Waals surface area contributed by atoms with E-state index in [1.54, 1.807) is 13.2 Å². The molecule has 0 spiro atoms. The van der Waals surface area contributed by atoms with Gasteiger partial charge in [-0.1, -0.05) is 13.8 Å². The van der Waals surface area contributed by atoms with Crippen molar-refractivity contribution in [3.05, 3.63) is 28.4 Å². The predicted molar refractivity (Wildman–Crippen MR) is 48.0 cm³/mol. The van der Waals surface area contributed by atoms with Crippen LogP contribution in [0.15, 0.2) is 17.3 Å². The van der Waals surface area contributed by atoms with Gasteiger partial charge in [0.05, 0.1) is 6.33 Å². The van der Waals surface area contributed by atoms with Gasteiger partial charge in [0, 0.05) is 18.8 Å². The molecule has 3 heteroatoms. The van der Waals surface area contributed by atoms with E-state index in [0.717, 1.165) is 12.0 Å². The molecule has 0 aliphatic heterocycles. The fraction of sp³-hybridized carbons (Fsp3) is 0.556. The Morgan fingerprint density at radius 2 is 2.25 bits per heavy atom. The van der Waals surface area contributed by atoms with Crippen molar-refractivity contribution in [1.82, 2.24) is 9.55 Å². The molecule has 0 amide bonds. The van der Waals surface area contributed by atoms with Gasteiger partial charge in [-0.25, -0.2) is 4.98 Å². The molecular weight excluding hydrogens is 152 g/mol. The van der Waals surface area contributed by atoms with Crippen molar-refractivity contribution in [2.24, 2.45) is 13.0 Å². The molecule has 0 bridgehead atoms. The Balaban J connectivity index is 3.01. The van der Waals surface area contributed by atoms with Gasteiger partial charge in [-0.2, -0.15) is 0 Å². The average molecular weight is 166 g/mol. The van der Waals surface area contributed by atoms with Crippen LogP contribution in [0.5, 0.6) is 0 Å². The third-order valence-corrected chi connectivity index (χ3v) is 1.69. The van der Waals surface area contributed by atoms with Crippen LogP contribution in [0.3, 0.4) is 0 Å². The summed E-state index contributed by atoms with van der Waals surface area (Å²) in [7, 11) is 1.72. The highest BCUT2D eigenvalue weighted by Gasteiger charge is 2.03. The fourth-order valence-corrected chi connectivity index (χ4v) is 1.14. The van der Waals surface area contributed by atoms with E-state index in [1.807, 2.05) is 0 Å². The monoisotopic (exact) mass is 166 g/mol. The van der Waals surface area contributed by atoms with E-state index < -0.39 is 0 Å². The maximum Gasteiger partial charge on any atom is 0.256 e. The van der Waals surface area contributed by atoms with Crippen LogP contribution < -0.4 is 5.56 Å². The van der Waals surface area contributed by atoms with E-state index in [2.05, 4.69) is 18.8 Å². The minimum absolute atomic E-state index is 0.0682. The number of hydrogen-bond donors (Lipinski definition) is 0. The van der Waals surface area contributed by atoms with Gasteiger partial charge in [0.1, 0.15) is 0 Å². The molecule has 1 aromatic heterocycles. The molecule has 0 saturated heterocycles.